The van der Waals surface area contributed by atoms with Crippen LogP contribution in [0.2, 0.25) is 5.02 Å². The third-order valence-corrected chi connectivity index (χ3v) is 5.83. The molecule has 3 aromatic rings. The maximum atomic E-state index is 11.9. The molecule has 0 radical (unpaired) electrons. The van der Waals surface area contributed by atoms with E-state index in [1.165, 1.54) is 0 Å². The normalized spacial score (nSPS) is 14.6. The van der Waals surface area contributed by atoms with Crippen LogP contribution >= 0.6 is 23.8 Å². The Labute approximate surface area is 191 Å². The second-order valence-corrected chi connectivity index (χ2v) is 8.03. The van der Waals surface area contributed by atoms with Gasteiger partial charge in [0.05, 0.1) is 13.3 Å². The van der Waals surface area contributed by atoms with E-state index in [1.54, 1.807) is 4.90 Å². The van der Waals surface area contributed by atoms with E-state index in [9.17, 15) is 4.79 Å². The summed E-state index contributed by atoms with van der Waals surface area (Å²) in [5.74, 6) is 0.762. The molecule has 1 saturated heterocycles. The number of piperazine rings is 1. The van der Waals surface area contributed by atoms with Crippen molar-refractivity contribution < 1.29 is 9.53 Å². The summed E-state index contributed by atoms with van der Waals surface area (Å²) in [5, 5.41) is 5.52. The van der Waals surface area contributed by atoms with Crippen molar-refractivity contribution in [2.45, 2.75) is 13.6 Å². The smallest absolute Gasteiger partial charge is 0.409 e. The van der Waals surface area contributed by atoms with Gasteiger partial charge in [-0.2, -0.15) is 0 Å². The van der Waals surface area contributed by atoms with Crippen LogP contribution in [-0.2, 0) is 11.4 Å². The second kappa shape index (κ2) is 9.64. The zero-order valence-corrected chi connectivity index (χ0v) is 18.8. The quantitative estimate of drug-likeness (QED) is 0.529. The number of carbonyl (C=O) groups is 1. The highest BCUT2D eigenvalue weighted by atomic mass is 35.5. The van der Waals surface area contributed by atoms with Crippen LogP contribution in [0.4, 0.5) is 4.79 Å². The predicted molar refractivity (Wildman–Crippen MR) is 123 cm³/mol. The molecule has 0 bridgehead atoms. The summed E-state index contributed by atoms with van der Waals surface area (Å²) in [4.78, 5) is 15.9. The summed E-state index contributed by atoms with van der Waals surface area (Å²) in [6, 6.07) is 17.6. The number of amides is 1. The van der Waals surface area contributed by atoms with Crippen LogP contribution in [0.25, 0.3) is 17.1 Å². The van der Waals surface area contributed by atoms with Crippen molar-refractivity contribution in [3.05, 3.63) is 64.4 Å². The van der Waals surface area contributed by atoms with Gasteiger partial charge in [0.25, 0.3) is 0 Å². The Hall–Kier alpha value is -2.68. The SMILES string of the molecule is CCOC(=O)N1CCN(Cn2nc(-c3ccc(Cl)cc3)n(-c3ccccc3)c2=S)CC1. The van der Waals surface area contributed by atoms with Crippen LogP contribution in [0.1, 0.15) is 6.92 Å². The molecule has 9 heteroatoms. The number of carbonyl (C=O) groups excluding carboxylic acids is 1. The molecule has 162 valence electrons. The summed E-state index contributed by atoms with van der Waals surface area (Å²) < 4.78 is 9.53. The molecule has 1 aromatic heterocycles. The van der Waals surface area contributed by atoms with E-state index in [0.717, 1.165) is 30.2 Å². The van der Waals surface area contributed by atoms with Crippen LogP contribution in [0.3, 0.4) is 0 Å². The fourth-order valence-electron chi connectivity index (χ4n) is 3.57. The molecule has 0 saturated carbocycles. The van der Waals surface area contributed by atoms with Crippen LogP contribution in [-0.4, -0.2) is 63.0 Å². The lowest BCUT2D eigenvalue weighted by molar-refractivity contribution is 0.0691. The summed E-state index contributed by atoms with van der Waals surface area (Å²) in [7, 11) is 0. The van der Waals surface area contributed by atoms with Crippen molar-refractivity contribution in [2.24, 2.45) is 0 Å². The van der Waals surface area contributed by atoms with Gasteiger partial charge in [-0.25, -0.2) is 9.48 Å². The summed E-state index contributed by atoms with van der Waals surface area (Å²) in [6.45, 7) is 5.46. The predicted octanol–water partition coefficient (Wildman–Crippen LogP) is 4.46. The summed E-state index contributed by atoms with van der Waals surface area (Å²) in [6.07, 6.45) is -0.253. The van der Waals surface area contributed by atoms with Crippen molar-refractivity contribution >= 4 is 29.9 Å². The van der Waals surface area contributed by atoms with Gasteiger partial charge in [-0.05, 0) is 55.5 Å². The van der Waals surface area contributed by atoms with E-state index >= 15 is 0 Å². The average molecular weight is 458 g/mol. The molecule has 1 amide bonds. The third kappa shape index (κ3) is 4.81. The van der Waals surface area contributed by atoms with Gasteiger partial charge >= 0.3 is 6.09 Å². The van der Waals surface area contributed by atoms with Crippen molar-refractivity contribution in [3.8, 4) is 17.1 Å². The molecule has 1 aliphatic rings. The maximum absolute atomic E-state index is 11.9. The summed E-state index contributed by atoms with van der Waals surface area (Å²) in [5.41, 5.74) is 1.89. The minimum atomic E-state index is -0.253. The van der Waals surface area contributed by atoms with Crippen LogP contribution in [0, 0.1) is 4.77 Å². The molecule has 0 atom stereocenters. The number of hydrogen-bond donors (Lipinski definition) is 0. The topological polar surface area (TPSA) is 55.5 Å². The lowest BCUT2D eigenvalue weighted by Crippen LogP contribution is -2.49. The van der Waals surface area contributed by atoms with Crippen LogP contribution < -0.4 is 0 Å². The van der Waals surface area contributed by atoms with E-state index in [1.807, 2.05) is 70.8 Å². The molecule has 7 nitrogen and oxygen atoms in total. The molecule has 1 fully saturated rings. The first-order valence-electron chi connectivity index (χ1n) is 10.2. The lowest BCUT2D eigenvalue weighted by Gasteiger charge is -2.33. The number of para-hydroxylation sites is 1. The van der Waals surface area contributed by atoms with Gasteiger partial charge < -0.3 is 9.64 Å². The first-order valence-corrected chi connectivity index (χ1v) is 11.0. The number of nitrogens with zero attached hydrogens (tertiary/aromatic N) is 5. The van der Waals surface area contributed by atoms with Gasteiger partial charge in [0, 0.05) is 42.5 Å². The second-order valence-electron chi connectivity index (χ2n) is 7.23. The highest BCUT2D eigenvalue weighted by molar-refractivity contribution is 7.71. The van der Waals surface area contributed by atoms with Gasteiger partial charge in [-0.15, -0.1) is 5.10 Å². The fourth-order valence-corrected chi connectivity index (χ4v) is 3.99. The number of halogens is 1. The van der Waals surface area contributed by atoms with Crippen molar-refractivity contribution in [2.75, 3.05) is 32.8 Å². The number of ether oxygens (including phenoxy) is 1. The highest BCUT2D eigenvalue weighted by Crippen LogP contribution is 2.24. The molecule has 1 aliphatic heterocycles. The zero-order chi connectivity index (χ0) is 21.8. The zero-order valence-electron chi connectivity index (χ0n) is 17.3. The van der Waals surface area contributed by atoms with Gasteiger partial charge in [-0.3, -0.25) is 9.47 Å². The average Bonchev–Trinajstić information content (AvgIpc) is 3.11. The fraction of sp³-hybridized carbons (Fsp3) is 0.318. The molecule has 0 unspecified atom stereocenters. The van der Waals surface area contributed by atoms with Crippen molar-refractivity contribution in [1.29, 1.82) is 0 Å². The van der Waals surface area contributed by atoms with Crippen LogP contribution in [0.5, 0.6) is 0 Å². The van der Waals surface area contributed by atoms with Crippen LogP contribution in [0.15, 0.2) is 54.6 Å². The number of rotatable bonds is 5. The monoisotopic (exact) mass is 457 g/mol. The Morgan fingerprint density at radius 3 is 2.39 bits per heavy atom. The molecule has 0 aliphatic carbocycles. The van der Waals surface area contributed by atoms with E-state index in [-0.39, 0.29) is 6.09 Å². The van der Waals surface area contributed by atoms with Gasteiger partial charge in [0.2, 0.25) is 4.77 Å². The minimum Gasteiger partial charge on any atom is -0.450 e. The molecular formula is C22H24ClN5O2S. The first kappa shape index (κ1) is 21.5. The number of aromatic nitrogens is 3. The molecule has 2 aromatic carbocycles. The summed E-state index contributed by atoms with van der Waals surface area (Å²) >= 11 is 11.9. The number of hydrogen-bond acceptors (Lipinski definition) is 5. The largest absolute Gasteiger partial charge is 0.450 e. The standard InChI is InChI=1S/C22H24ClN5O2S/c1-2-30-22(29)26-14-12-25(13-15-26)16-27-21(31)28(19-6-4-3-5-7-19)20(24-27)17-8-10-18(23)11-9-17/h3-11H,2,12-16H2,1H3. The molecular weight excluding hydrogens is 434 g/mol. The molecule has 0 spiro atoms. The highest BCUT2D eigenvalue weighted by Gasteiger charge is 2.23. The van der Waals surface area contributed by atoms with Gasteiger partial charge in [0.15, 0.2) is 5.82 Å². The molecule has 31 heavy (non-hydrogen) atoms. The van der Waals surface area contributed by atoms with E-state index in [0.29, 0.717) is 36.2 Å². The molecule has 2 heterocycles. The Balaban J connectivity index is 1.60. The minimum absolute atomic E-state index is 0.253. The van der Waals surface area contributed by atoms with E-state index < -0.39 is 0 Å². The Kier molecular flexibility index (Phi) is 6.70. The van der Waals surface area contributed by atoms with E-state index in [4.69, 9.17) is 33.7 Å². The lowest BCUT2D eigenvalue weighted by atomic mass is 10.2. The Morgan fingerprint density at radius 2 is 1.74 bits per heavy atom. The van der Waals surface area contributed by atoms with E-state index in [2.05, 4.69) is 4.90 Å². The van der Waals surface area contributed by atoms with Gasteiger partial charge in [0.1, 0.15) is 0 Å². The van der Waals surface area contributed by atoms with Crippen molar-refractivity contribution in [1.82, 2.24) is 24.1 Å². The molecule has 4 rings (SSSR count). The Morgan fingerprint density at radius 1 is 1.06 bits per heavy atom. The van der Waals surface area contributed by atoms with Crippen molar-refractivity contribution in [3.63, 3.8) is 0 Å². The first-order chi connectivity index (χ1) is 15.1. The Bertz CT molecular complexity index is 1090. The molecule has 0 N–H and O–H groups in total. The number of benzene rings is 2. The van der Waals surface area contributed by atoms with Gasteiger partial charge in [-0.1, -0.05) is 29.8 Å². The maximum Gasteiger partial charge on any atom is 0.409 e. The third-order valence-electron chi connectivity index (χ3n) is 5.19.